The van der Waals surface area contributed by atoms with Crippen LogP contribution in [0, 0.1) is 5.92 Å². The summed E-state index contributed by atoms with van der Waals surface area (Å²) in [7, 11) is 0. The maximum Gasteiger partial charge on any atom is 0.226 e. The van der Waals surface area contributed by atoms with Gasteiger partial charge in [0.2, 0.25) is 5.91 Å². The molecule has 0 spiro atoms. The Kier molecular flexibility index (Phi) is 17.0. The number of ketones is 1. The fraction of sp³-hybridized carbons (Fsp3) is 0.913. The van der Waals surface area contributed by atoms with E-state index in [-0.39, 0.29) is 17.6 Å². The molecule has 0 bridgehead atoms. The fourth-order valence-electron chi connectivity index (χ4n) is 3.57. The zero-order valence-electron chi connectivity index (χ0n) is 18.2. The minimum atomic E-state index is -0.0964. The van der Waals surface area contributed by atoms with E-state index in [1.807, 2.05) is 18.7 Å². The first-order valence-corrected chi connectivity index (χ1v) is 11.4. The first-order valence-electron chi connectivity index (χ1n) is 11.4. The first-order chi connectivity index (χ1) is 12.6. The summed E-state index contributed by atoms with van der Waals surface area (Å²) in [6, 6.07) is 0. The largest absolute Gasteiger partial charge is 0.343 e. The Morgan fingerprint density at radius 1 is 0.692 bits per heavy atom. The van der Waals surface area contributed by atoms with Crippen molar-refractivity contribution in [1.82, 2.24) is 4.90 Å². The standard InChI is InChI=1S/C23H45NO2/c1-5-9-11-12-13-14-15-16-17-19-22(25)20-21(18-10-6-2)23(26)24(7-3)8-4/h21H,5-20H2,1-4H3. The second kappa shape index (κ2) is 17.5. The van der Waals surface area contributed by atoms with Crippen LogP contribution in [0.3, 0.4) is 0 Å². The lowest BCUT2D eigenvalue weighted by atomic mass is 9.92. The maximum absolute atomic E-state index is 12.6. The lowest BCUT2D eigenvalue weighted by Gasteiger charge is -2.25. The molecular weight excluding hydrogens is 322 g/mol. The number of rotatable bonds is 18. The molecule has 26 heavy (non-hydrogen) atoms. The summed E-state index contributed by atoms with van der Waals surface area (Å²) >= 11 is 0. The fourth-order valence-corrected chi connectivity index (χ4v) is 3.57. The van der Waals surface area contributed by atoms with Crippen molar-refractivity contribution < 1.29 is 9.59 Å². The molecule has 0 saturated carbocycles. The van der Waals surface area contributed by atoms with Crippen molar-refractivity contribution in [3.05, 3.63) is 0 Å². The van der Waals surface area contributed by atoms with Gasteiger partial charge in [0.1, 0.15) is 5.78 Å². The summed E-state index contributed by atoms with van der Waals surface area (Å²) in [4.78, 5) is 26.9. The van der Waals surface area contributed by atoms with Gasteiger partial charge in [0.25, 0.3) is 0 Å². The summed E-state index contributed by atoms with van der Waals surface area (Å²) in [5.41, 5.74) is 0. The number of nitrogens with zero attached hydrogens (tertiary/aromatic N) is 1. The maximum atomic E-state index is 12.6. The van der Waals surface area contributed by atoms with Crippen LogP contribution in [-0.4, -0.2) is 29.7 Å². The Hall–Kier alpha value is -0.860. The average molecular weight is 368 g/mol. The van der Waals surface area contributed by atoms with Crippen LogP contribution < -0.4 is 0 Å². The lowest BCUT2D eigenvalue weighted by Crippen LogP contribution is -2.36. The number of carbonyl (C=O) groups is 2. The van der Waals surface area contributed by atoms with Gasteiger partial charge in [0, 0.05) is 31.8 Å². The summed E-state index contributed by atoms with van der Waals surface area (Å²) in [5.74, 6) is 0.374. The van der Waals surface area contributed by atoms with Crippen molar-refractivity contribution in [3.63, 3.8) is 0 Å². The van der Waals surface area contributed by atoms with E-state index in [9.17, 15) is 9.59 Å². The molecule has 0 aliphatic carbocycles. The predicted molar refractivity (Wildman–Crippen MR) is 112 cm³/mol. The molecule has 0 aliphatic heterocycles. The highest BCUT2D eigenvalue weighted by Crippen LogP contribution is 2.19. The van der Waals surface area contributed by atoms with Crippen LogP contribution in [0.25, 0.3) is 0 Å². The van der Waals surface area contributed by atoms with Crippen LogP contribution in [-0.2, 0) is 9.59 Å². The van der Waals surface area contributed by atoms with Gasteiger partial charge in [-0.05, 0) is 26.7 Å². The minimum Gasteiger partial charge on any atom is -0.343 e. The van der Waals surface area contributed by atoms with Crippen molar-refractivity contribution in [1.29, 1.82) is 0 Å². The molecule has 0 saturated heterocycles. The van der Waals surface area contributed by atoms with Crippen molar-refractivity contribution in [2.24, 2.45) is 5.92 Å². The Bertz CT molecular complexity index is 350. The molecule has 0 aliphatic rings. The van der Waals surface area contributed by atoms with Crippen LogP contribution in [0.2, 0.25) is 0 Å². The Balaban J connectivity index is 4.04. The summed E-state index contributed by atoms with van der Waals surface area (Å²) < 4.78 is 0. The van der Waals surface area contributed by atoms with Gasteiger partial charge in [0.15, 0.2) is 0 Å². The minimum absolute atomic E-state index is 0.0964. The third-order valence-corrected chi connectivity index (χ3v) is 5.36. The quantitative estimate of drug-likeness (QED) is 0.258. The molecule has 1 unspecified atom stereocenters. The van der Waals surface area contributed by atoms with Gasteiger partial charge in [-0.25, -0.2) is 0 Å². The van der Waals surface area contributed by atoms with E-state index < -0.39 is 0 Å². The van der Waals surface area contributed by atoms with Crippen LogP contribution in [0.15, 0.2) is 0 Å². The van der Waals surface area contributed by atoms with Gasteiger partial charge in [-0.3, -0.25) is 9.59 Å². The van der Waals surface area contributed by atoms with Gasteiger partial charge in [-0.1, -0.05) is 78.1 Å². The van der Waals surface area contributed by atoms with Gasteiger partial charge < -0.3 is 4.90 Å². The molecule has 0 fully saturated rings. The zero-order chi connectivity index (χ0) is 19.6. The molecule has 1 atom stereocenters. The van der Waals surface area contributed by atoms with E-state index in [2.05, 4.69) is 13.8 Å². The molecule has 0 aromatic carbocycles. The van der Waals surface area contributed by atoms with Crippen molar-refractivity contribution in [3.8, 4) is 0 Å². The van der Waals surface area contributed by atoms with Gasteiger partial charge in [-0.2, -0.15) is 0 Å². The highest BCUT2D eigenvalue weighted by Gasteiger charge is 2.24. The van der Waals surface area contributed by atoms with Crippen molar-refractivity contribution in [2.75, 3.05) is 13.1 Å². The normalized spacial score (nSPS) is 12.2. The molecule has 3 nitrogen and oxygen atoms in total. The lowest BCUT2D eigenvalue weighted by molar-refractivity contribution is -0.138. The molecule has 1 amide bonds. The Morgan fingerprint density at radius 3 is 1.69 bits per heavy atom. The zero-order valence-corrected chi connectivity index (χ0v) is 18.2. The molecule has 0 aromatic rings. The molecule has 0 radical (unpaired) electrons. The molecule has 0 rings (SSSR count). The van der Waals surface area contributed by atoms with Gasteiger partial charge in [0.05, 0.1) is 0 Å². The average Bonchev–Trinajstić information content (AvgIpc) is 2.64. The molecular formula is C23H45NO2. The van der Waals surface area contributed by atoms with Crippen LogP contribution in [0.1, 0.15) is 118 Å². The van der Waals surface area contributed by atoms with Crippen molar-refractivity contribution in [2.45, 2.75) is 118 Å². The number of hydrogen-bond acceptors (Lipinski definition) is 2. The number of Topliss-reactive ketones (excluding diaryl/α,β-unsaturated/α-hetero) is 1. The molecule has 154 valence electrons. The number of hydrogen-bond donors (Lipinski definition) is 0. The van der Waals surface area contributed by atoms with Crippen LogP contribution in [0.5, 0.6) is 0 Å². The third-order valence-electron chi connectivity index (χ3n) is 5.36. The smallest absolute Gasteiger partial charge is 0.226 e. The molecule has 3 heteroatoms. The van der Waals surface area contributed by atoms with Gasteiger partial charge in [-0.15, -0.1) is 0 Å². The van der Waals surface area contributed by atoms with E-state index in [4.69, 9.17) is 0 Å². The van der Waals surface area contributed by atoms with E-state index in [0.717, 1.165) is 45.2 Å². The van der Waals surface area contributed by atoms with Crippen molar-refractivity contribution >= 4 is 11.7 Å². The Morgan fingerprint density at radius 2 is 1.19 bits per heavy atom. The first kappa shape index (κ1) is 25.1. The second-order valence-electron chi connectivity index (χ2n) is 7.67. The topological polar surface area (TPSA) is 37.4 Å². The van der Waals surface area contributed by atoms with E-state index in [1.165, 1.54) is 44.9 Å². The summed E-state index contributed by atoms with van der Waals surface area (Å²) in [6.07, 6.45) is 15.5. The monoisotopic (exact) mass is 367 g/mol. The summed E-state index contributed by atoms with van der Waals surface area (Å²) in [6.45, 7) is 9.90. The van der Waals surface area contributed by atoms with E-state index in [1.54, 1.807) is 0 Å². The third kappa shape index (κ3) is 12.5. The van der Waals surface area contributed by atoms with Crippen LogP contribution >= 0.6 is 0 Å². The number of unbranched alkanes of at least 4 members (excludes halogenated alkanes) is 9. The number of carbonyl (C=O) groups excluding carboxylic acids is 2. The highest BCUT2D eigenvalue weighted by molar-refractivity contribution is 5.86. The predicted octanol–water partition coefficient (Wildman–Crippen LogP) is 6.54. The molecule has 0 heterocycles. The highest BCUT2D eigenvalue weighted by atomic mass is 16.2. The van der Waals surface area contributed by atoms with E-state index in [0.29, 0.717) is 12.8 Å². The number of amides is 1. The SMILES string of the molecule is CCCCCCCCCCCC(=O)CC(CCCC)C(=O)N(CC)CC. The van der Waals surface area contributed by atoms with E-state index >= 15 is 0 Å². The molecule has 0 aromatic heterocycles. The summed E-state index contributed by atoms with van der Waals surface area (Å²) in [5, 5.41) is 0. The Labute approximate surface area is 163 Å². The molecule has 0 N–H and O–H groups in total. The second-order valence-corrected chi connectivity index (χ2v) is 7.67. The van der Waals surface area contributed by atoms with Crippen LogP contribution in [0.4, 0.5) is 0 Å². The van der Waals surface area contributed by atoms with Gasteiger partial charge >= 0.3 is 0 Å².